The maximum atomic E-state index is 5.90. The van der Waals surface area contributed by atoms with Gasteiger partial charge in [-0.1, -0.05) is 0 Å². The summed E-state index contributed by atoms with van der Waals surface area (Å²) >= 11 is 0. The molecule has 0 saturated carbocycles. The van der Waals surface area contributed by atoms with Gasteiger partial charge >= 0.3 is 7.51 Å². The normalized spacial score (nSPS) is 14.0. The molecule has 18 heteroatoms. The van der Waals surface area contributed by atoms with Crippen LogP contribution < -0.4 is 4.74 Å². The largest absolute Gasteiger partial charge is 0.497 e. The molecule has 1 rings (SSSR count). The molecule has 1 aromatic rings. The minimum atomic E-state index is -3.36. The van der Waals surface area contributed by atoms with Gasteiger partial charge in [-0.2, -0.15) is 13.5 Å². The molecule has 0 N–H and O–H groups in total. The van der Waals surface area contributed by atoms with E-state index in [0.29, 0.717) is 0 Å². The standard InChI is InChI=1S/C25H61N13OP4/c1-30(2)41(31(3)4,32(5)6)27-40(26-24-20-22-25(39-19)23-21-24,28-42(33(7)8,34(9)10)35(11)12)29-43(36(13)14,37(15)16)38(17)18/h20-23H,1-19H3. The summed E-state index contributed by atoms with van der Waals surface area (Å²) in [6.07, 6.45) is 0. The van der Waals surface area contributed by atoms with Crippen LogP contribution in [0.4, 0.5) is 5.69 Å². The molecule has 1 aromatic carbocycles. The van der Waals surface area contributed by atoms with Gasteiger partial charge in [-0.3, -0.25) is 42.0 Å². The second kappa shape index (κ2) is 15.9. The summed E-state index contributed by atoms with van der Waals surface area (Å²) in [6, 6.07) is 7.80. The van der Waals surface area contributed by atoms with E-state index in [-0.39, 0.29) is 0 Å². The monoisotopic (exact) mass is 683 g/mol. The number of benzene rings is 1. The predicted octanol–water partition coefficient (Wildman–Crippen LogP) is 6.17. The zero-order valence-electron chi connectivity index (χ0n) is 30.3. The summed E-state index contributed by atoms with van der Waals surface area (Å²) in [6.45, 7) is 0. The van der Waals surface area contributed by atoms with Crippen molar-refractivity contribution in [2.45, 2.75) is 0 Å². The molecule has 0 radical (unpaired) electrons. The van der Waals surface area contributed by atoms with Crippen molar-refractivity contribution in [2.24, 2.45) is 18.3 Å². The zero-order valence-corrected chi connectivity index (χ0v) is 33.9. The molecule has 0 heterocycles. The van der Waals surface area contributed by atoms with Crippen molar-refractivity contribution in [3.05, 3.63) is 24.3 Å². The van der Waals surface area contributed by atoms with Crippen LogP contribution >= 0.6 is 30.0 Å². The molecule has 0 spiro atoms. The first kappa shape index (κ1) is 40.6. The number of methoxy groups -OCH3 is 1. The second-order valence-electron chi connectivity index (χ2n) is 11.8. The lowest BCUT2D eigenvalue weighted by Crippen LogP contribution is -2.32. The van der Waals surface area contributed by atoms with Gasteiger partial charge in [-0.05, 0) is 151 Å². The lowest BCUT2D eigenvalue weighted by atomic mass is 10.3. The van der Waals surface area contributed by atoms with Crippen molar-refractivity contribution in [1.29, 1.82) is 0 Å². The van der Waals surface area contributed by atoms with E-state index in [1.807, 2.05) is 24.3 Å². The Hall–Kier alpha value is -0.420. The topological polar surface area (TPSA) is 87.8 Å². The molecular formula is C25H61N13OP4. The van der Waals surface area contributed by atoms with E-state index < -0.39 is 30.0 Å². The molecule has 0 aliphatic heterocycles. The highest BCUT2D eigenvalue weighted by molar-refractivity contribution is 7.80. The quantitative estimate of drug-likeness (QED) is 0.213. The Bertz CT molecular complexity index is 1070. The maximum Gasteiger partial charge on any atom is 0.311 e. The maximum absolute atomic E-state index is 5.90. The second-order valence-corrected chi connectivity index (χ2v) is 25.7. The van der Waals surface area contributed by atoms with Crippen LogP contribution in [0.2, 0.25) is 0 Å². The molecular weight excluding hydrogens is 622 g/mol. The third kappa shape index (κ3) is 8.30. The molecule has 0 amide bonds. The molecule has 0 atom stereocenters. The Morgan fingerprint density at radius 3 is 0.837 bits per heavy atom. The van der Waals surface area contributed by atoms with Crippen molar-refractivity contribution in [2.75, 3.05) is 134 Å². The summed E-state index contributed by atoms with van der Waals surface area (Å²) in [4.78, 5) is 0. The fraction of sp³-hybridized carbons (Fsp3) is 0.760. The fourth-order valence-corrected chi connectivity index (χ4v) is 23.7. The van der Waals surface area contributed by atoms with Crippen LogP contribution in [-0.4, -0.2) is 176 Å². The fourth-order valence-electron chi connectivity index (χ4n) is 5.34. The van der Waals surface area contributed by atoms with Gasteiger partial charge < -0.3 is 4.74 Å². The molecule has 252 valence electrons. The average Bonchev–Trinajstić information content (AvgIpc) is 2.87. The van der Waals surface area contributed by atoms with Crippen molar-refractivity contribution < 1.29 is 4.74 Å². The van der Waals surface area contributed by atoms with Crippen LogP contribution in [0, 0.1) is 0 Å². The van der Waals surface area contributed by atoms with E-state index in [4.69, 9.17) is 23.0 Å². The van der Waals surface area contributed by atoms with Gasteiger partial charge in [0, 0.05) is 0 Å². The number of ether oxygens (including phenoxy) is 1. The summed E-state index contributed by atoms with van der Waals surface area (Å²) in [7, 11) is 28.1. The van der Waals surface area contributed by atoms with E-state index in [0.717, 1.165) is 11.4 Å². The SMILES string of the molecule is COc1ccc(N=P(N=P(N(C)C)(N(C)C)N(C)C)(N=P(N(C)C)(N(C)C)N(C)C)N=P(N(C)C)(N(C)C)N(C)C)cc1. The van der Waals surface area contributed by atoms with Gasteiger partial charge in [0.2, 0.25) is 0 Å². The zero-order chi connectivity index (χ0) is 33.7. The van der Waals surface area contributed by atoms with Crippen LogP contribution in [0.15, 0.2) is 42.6 Å². The van der Waals surface area contributed by atoms with Crippen LogP contribution in [0.25, 0.3) is 0 Å². The molecule has 0 aromatic heterocycles. The Balaban J connectivity index is 5.13. The van der Waals surface area contributed by atoms with Crippen LogP contribution in [0.3, 0.4) is 0 Å². The summed E-state index contributed by atoms with van der Waals surface area (Å²) in [5.74, 6) is 0.763. The Morgan fingerprint density at radius 1 is 0.419 bits per heavy atom. The van der Waals surface area contributed by atoms with Crippen LogP contribution in [0.1, 0.15) is 0 Å². The summed E-state index contributed by atoms with van der Waals surface area (Å²) in [5.41, 5.74) is 0.753. The van der Waals surface area contributed by atoms with Gasteiger partial charge in [-0.25, -0.2) is 4.74 Å². The summed E-state index contributed by atoms with van der Waals surface area (Å²) < 4.78 is 48.6. The molecule has 0 aliphatic rings. The minimum Gasteiger partial charge on any atom is -0.497 e. The Labute approximate surface area is 264 Å². The lowest BCUT2D eigenvalue weighted by molar-refractivity contribution is 0.415. The molecule has 14 nitrogen and oxygen atoms in total. The van der Waals surface area contributed by atoms with E-state index in [9.17, 15) is 0 Å². The first-order valence-electron chi connectivity index (χ1n) is 13.9. The molecule has 43 heavy (non-hydrogen) atoms. The van der Waals surface area contributed by atoms with Gasteiger partial charge in [0.1, 0.15) is 5.75 Å². The van der Waals surface area contributed by atoms with Crippen LogP contribution in [-0.2, 0) is 0 Å². The first-order valence-corrected chi connectivity index (χ1v) is 20.3. The number of hydrogen-bond donors (Lipinski definition) is 0. The Morgan fingerprint density at radius 2 is 0.651 bits per heavy atom. The van der Waals surface area contributed by atoms with Crippen molar-refractivity contribution >= 4 is 35.7 Å². The molecule has 0 bridgehead atoms. The van der Waals surface area contributed by atoms with Gasteiger partial charge in [0.25, 0.3) is 0 Å². The molecule has 0 fully saturated rings. The molecule has 0 aliphatic carbocycles. The number of nitrogens with zero attached hydrogens (tertiary/aromatic N) is 13. The highest BCUT2D eigenvalue weighted by Gasteiger charge is 2.41. The van der Waals surface area contributed by atoms with Crippen molar-refractivity contribution in [1.82, 2.24) is 42.0 Å². The van der Waals surface area contributed by atoms with Gasteiger partial charge in [0.15, 0.2) is 22.5 Å². The van der Waals surface area contributed by atoms with E-state index in [1.54, 1.807) is 7.11 Å². The van der Waals surface area contributed by atoms with Gasteiger partial charge in [-0.15, -0.1) is 0 Å². The number of rotatable bonds is 14. The third-order valence-electron chi connectivity index (χ3n) is 6.87. The number of hydrogen-bond acceptors (Lipinski definition) is 2. The van der Waals surface area contributed by atoms with E-state index in [2.05, 4.69) is 169 Å². The van der Waals surface area contributed by atoms with E-state index in [1.165, 1.54) is 0 Å². The lowest BCUT2D eigenvalue weighted by Gasteiger charge is -2.45. The van der Waals surface area contributed by atoms with Gasteiger partial charge in [0.05, 0.1) is 12.8 Å². The highest BCUT2D eigenvalue weighted by Crippen LogP contribution is 2.78. The van der Waals surface area contributed by atoms with Crippen molar-refractivity contribution in [3.8, 4) is 5.75 Å². The van der Waals surface area contributed by atoms with E-state index >= 15 is 0 Å². The smallest absolute Gasteiger partial charge is 0.311 e. The van der Waals surface area contributed by atoms with Crippen LogP contribution in [0.5, 0.6) is 5.75 Å². The third-order valence-corrected chi connectivity index (χ3v) is 22.8. The molecule has 0 saturated heterocycles. The predicted molar refractivity (Wildman–Crippen MR) is 193 cm³/mol. The highest BCUT2D eigenvalue weighted by atomic mass is 31.3. The molecule has 0 unspecified atom stereocenters. The Kier molecular flexibility index (Phi) is 15.0. The first-order chi connectivity index (χ1) is 19.6. The average molecular weight is 684 g/mol. The minimum absolute atomic E-state index is 0.753. The van der Waals surface area contributed by atoms with Crippen molar-refractivity contribution in [3.63, 3.8) is 0 Å². The summed E-state index contributed by atoms with van der Waals surface area (Å²) in [5, 5.41) is 0.